The van der Waals surface area contributed by atoms with E-state index in [0.717, 1.165) is 23.2 Å². The molecule has 3 rings (SSSR count). The fraction of sp³-hybridized carbons (Fsp3) is 0.350. The van der Waals surface area contributed by atoms with Crippen LogP contribution in [0.4, 0.5) is 5.69 Å². The standard InChI is InChI=1S/C20H24N2OS/c1-19(2,3)12-20(4)22-17-15(24-20)11-10-14(18(21)23)16(17)13-8-6-5-7-9-13/h5-11,22H,12H2,1-4H3,(H2,21,23). The highest BCUT2D eigenvalue weighted by Gasteiger charge is 2.38. The number of fused-ring (bicyclic) bond motifs is 1. The number of amides is 1. The molecule has 0 saturated carbocycles. The summed E-state index contributed by atoms with van der Waals surface area (Å²) in [6.45, 7) is 8.96. The molecule has 1 heterocycles. The number of carbonyl (C=O) groups is 1. The summed E-state index contributed by atoms with van der Waals surface area (Å²) in [4.78, 5) is 13.0. The van der Waals surface area contributed by atoms with Crippen LogP contribution in [0.25, 0.3) is 11.1 Å². The van der Waals surface area contributed by atoms with E-state index in [-0.39, 0.29) is 10.3 Å². The molecule has 0 aliphatic carbocycles. The fourth-order valence-electron chi connectivity index (χ4n) is 3.53. The molecule has 3 nitrogen and oxygen atoms in total. The average molecular weight is 340 g/mol. The zero-order chi connectivity index (χ0) is 17.5. The van der Waals surface area contributed by atoms with E-state index in [1.54, 1.807) is 0 Å². The van der Waals surface area contributed by atoms with Crippen LogP contribution >= 0.6 is 11.8 Å². The van der Waals surface area contributed by atoms with E-state index in [1.807, 2.05) is 54.2 Å². The number of carbonyl (C=O) groups excluding carboxylic acids is 1. The molecule has 1 unspecified atom stereocenters. The molecule has 0 fully saturated rings. The number of hydrogen-bond acceptors (Lipinski definition) is 3. The van der Waals surface area contributed by atoms with Crippen LogP contribution in [0.5, 0.6) is 0 Å². The lowest BCUT2D eigenvalue weighted by atomic mass is 9.88. The molecular formula is C20H24N2OS. The Morgan fingerprint density at radius 3 is 2.42 bits per heavy atom. The summed E-state index contributed by atoms with van der Waals surface area (Å²) in [5.74, 6) is -0.395. The van der Waals surface area contributed by atoms with Gasteiger partial charge in [-0.2, -0.15) is 0 Å². The Morgan fingerprint density at radius 2 is 1.83 bits per heavy atom. The van der Waals surface area contributed by atoms with Crippen molar-refractivity contribution in [1.82, 2.24) is 0 Å². The minimum absolute atomic E-state index is 0.0968. The van der Waals surface area contributed by atoms with Crippen LogP contribution < -0.4 is 11.1 Å². The van der Waals surface area contributed by atoms with E-state index < -0.39 is 5.91 Å². The second kappa shape index (κ2) is 5.85. The molecule has 1 amide bonds. The Bertz CT molecular complexity index is 780. The van der Waals surface area contributed by atoms with Gasteiger partial charge in [0.15, 0.2) is 0 Å². The van der Waals surface area contributed by atoms with Gasteiger partial charge < -0.3 is 11.1 Å². The van der Waals surface area contributed by atoms with Gasteiger partial charge in [-0.15, -0.1) is 0 Å². The highest BCUT2D eigenvalue weighted by atomic mass is 32.2. The molecule has 1 aliphatic heterocycles. The van der Waals surface area contributed by atoms with Gasteiger partial charge in [0, 0.05) is 16.0 Å². The predicted molar refractivity (Wildman–Crippen MR) is 102 cm³/mol. The number of nitrogens with one attached hydrogen (secondary N) is 1. The monoisotopic (exact) mass is 340 g/mol. The third-order valence-corrected chi connectivity index (χ3v) is 5.34. The molecule has 0 spiro atoms. The Kier molecular flexibility index (Phi) is 4.12. The van der Waals surface area contributed by atoms with Crippen LogP contribution in [0.15, 0.2) is 47.4 Å². The molecule has 4 heteroatoms. The van der Waals surface area contributed by atoms with E-state index in [0.29, 0.717) is 5.56 Å². The first kappa shape index (κ1) is 16.9. The first-order chi connectivity index (χ1) is 11.2. The first-order valence-corrected chi connectivity index (χ1v) is 9.00. The summed E-state index contributed by atoms with van der Waals surface area (Å²) in [6, 6.07) is 13.8. The molecule has 3 N–H and O–H groups in total. The molecule has 1 atom stereocenters. The average Bonchev–Trinajstić information content (AvgIpc) is 2.80. The summed E-state index contributed by atoms with van der Waals surface area (Å²) in [7, 11) is 0. The third kappa shape index (κ3) is 3.29. The number of hydrogen-bond donors (Lipinski definition) is 2. The van der Waals surface area contributed by atoms with Gasteiger partial charge >= 0.3 is 0 Å². The van der Waals surface area contributed by atoms with Crippen LogP contribution in [0.1, 0.15) is 44.5 Å². The highest BCUT2D eigenvalue weighted by molar-refractivity contribution is 8.01. The van der Waals surface area contributed by atoms with Crippen molar-refractivity contribution >= 4 is 23.4 Å². The molecule has 126 valence electrons. The topological polar surface area (TPSA) is 55.1 Å². The van der Waals surface area contributed by atoms with Crippen molar-refractivity contribution < 1.29 is 4.79 Å². The minimum atomic E-state index is -0.395. The van der Waals surface area contributed by atoms with E-state index in [1.165, 1.54) is 4.90 Å². The quantitative estimate of drug-likeness (QED) is 0.815. The normalized spacial score (nSPS) is 19.7. The molecule has 2 aromatic rings. The van der Waals surface area contributed by atoms with Gasteiger partial charge in [-0.1, -0.05) is 62.9 Å². The van der Waals surface area contributed by atoms with Crippen molar-refractivity contribution in [2.45, 2.75) is 43.9 Å². The summed E-state index contributed by atoms with van der Waals surface area (Å²) in [6.07, 6.45) is 1.01. The van der Waals surface area contributed by atoms with Gasteiger partial charge in [0.25, 0.3) is 0 Å². The van der Waals surface area contributed by atoms with Crippen LogP contribution in [0.3, 0.4) is 0 Å². The van der Waals surface area contributed by atoms with Crippen molar-refractivity contribution in [2.24, 2.45) is 11.1 Å². The Morgan fingerprint density at radius 1 is 1.17 bits per heavy atom. The van der Waals surface area contributed by atoms with Gasteiger partial charge in [-0.05, 0) is 36.5 Å². The van der Waals surface area contributed by atoms with Crippen LogP contribution in [-0.4, -0.2) is 10.8 Å². The van der Waals surface area contributed by atoms with Crippen molar-refractivity contribution in [3.8, 4) is 11.1 Å². The van der Waals surface area contributed by atoms with Crippen LogP contribution in [-0.2, 0) is 0 Å². The maximum atomic E-state index is 12.0. The maximum absolute atomic E-state index is 12.0. The zero-order valence-corrected chi connectivity index (χ0v) is 15.5. The van der Waals surface area contributed by atoms with Gasteiger partial charge in [-0.3, -0.25) is 4.79 Å². The molecule has 1 aliphatic rings. The minimum Gasteiger partial charge on any atom is -0.369 e. The zero-order valence-electron chi connectivity index (χ0n) is 14.6. The van der Waals surface area contributed by atoms with Gasteiger partial charge in [0.2, 0.25) is 5.91 Å². The number of anilines is 1. The van der Waals surface area contributed by atoms with Gasteiger partial charge in [-0.25, -0.2) is 0 Å². The largest absolute Gasteiger partial charge is 0.369 e. The molecular weight excluding hydrogens is 316 g/mol. The van der Waals surface area contributed by atoms with Gasteiger partial charge in [0.1, 0.15) is 0 Å². The summed E-state index contributed by atoms with van der Waals surface area (Å²) in [5.41, 5.74) is 9.35. The van der Waals surface area contributed by atoms with Crippen molar-refractivity contribution in [2.75, 3.05) is 5.32 Å². The Hall–Kier alpha value is -1.94. The number of rotatable bonds is 3. The summed E-state index contributed by atoms with van der Waals surface area (Å²) < 4.78 is 0. The second-order valence-electron chi connectivity index (χ2n) is 7.79. The second-order valence-corrected chi connectivity index (χ2v) is 9.33. The van der Waals surface area contributed by atoms with E-state index >= 15 is 0 Å². The third-order valence-electron chi connectivity index (χ3n) is 4.09. The van der Waals surface area contributed by atoms with Crippen molar-refractivity contribution in [1.29, 1.82) is 0 Å². The summed E-state index contributed by atoms with van der Waals surface area (Å²) in [5, 5.41) is 3.68. The molecule has 2 aromatic carbocycles. The van der Waals surface area contributed by atoms with E-state index in [2.05, 4.69) is 33.0 Å². The fourth-order valence-corrected chi connectivity index (χ4v) is 5.06. The number of nitrogens with two attached hydrogens (primary N) is 1. The molecule has 24 heavy (non-hydrogen) atoms. The lowest BCUT2D eigenvalue weighted by Gasteiger charge is -2.32. The van der Waals surface area contributed by atoms with Crippen LogP contribution in [0.2, 0.25) is 0 Å². The summed E-state index contributed by atoms with van der Waals surface area (Å²) >= 11 is 1.83. The first-order valence-electron chi connectivity index (χ1n) is 8.18. The van der Waals surface area contributed by atoms with Crippen molar-refractivity contribution in [3.63, 3.8) is 0 Å². The smallest absolute Gasteiger partial charge is 0.249 e. The lowest BCUT2D eigenvalue weighted by Crippen LogP contribution is -2.32. The molecule has 0 bridgehead atoms. The Labute approximate surface area is 148 Å². The molecule has 0 radical (unpaired) electrons. The number of benzene rings is 2. The predicted octanol–water partition coefficient (Wildman–Crippen LogP) is 5.12. The van der Waals surface area contributed by atoms with E-state index in [4.69, 9.17) is 5.73 Å². The maximum Gasteiger partial charge on any atom is 0.249 e. The van der Waals surface area contributed by atoms with Gasteiger partial charge in [0.05, 0.1) is 10.6 Å². The molecule has 0 aromatic heterocycles. The lowest BCUT2D eigenvalue weighted by molar-refractivity contribution is 0.100. The number of primary amides is 1. The van der Waals surface area contributed by atoms with Crippen LogP contribution in [0, 0.1) is 5.41 Å². The SMILES string of the molecule is CC(C)(C)CC1(C)Nc2c(ccc(C(N)=O)c2-c2ccccc2)S1. The number of thioether (sulfide) groups is 1. The molecule has 0 saturated heterocycles. The van der Waals surface area contributed by atoms with Crippen molar-refractivity contribution in [3.05, 3.63) is 48.0 Å². The Balaban J connectivity index is 2.12. The van der Waals surface area contributed by atoms with E-state index in [9.17, 15) is 4.79 Å². The highest BCUT2D eigenvalue weighted by Crippen LogP contribution is 2.53.